The average Bonchev–Trinajstić information content (AvgIpc) is 2.14. The molecule has 82 valence electrons. The molecule has 2 heteroatoms. The third kappa shape index (κ3) is 1.63. The molecule has 0 atom stereocenters. The normalized spacial score (nSPS) is 18.9. The van der Waals surface area contributed by atoms with Crippen LogP contribution in [0.15, 0.2) is 18.2 Å². The van der Waals surface area contributed by atoms with Gasteiger partial charge in [-0.15, -0.1) is 0 Å². The summed E-state index contributed by atoms with van der Waals surface area (Å²) in [6, 6.07) is 5.93. The topological polar surface area (TPSA) is 46.2 Å². The lowest BCUT2D eigenvalue weighted by atomic mass is 9.72. The van der Waals surface area contributed by atoms with Gasteiger partial charge in [0.05, 0.1) is 0 Å². The molecular weight excluding hydrogens is 186 g/mol. The lowest BCUT2D eigenvalue weighted by Gasteiger charge is -2.39. The molecule has 15 heavy (non-hydrogen) atoms. The maximum absolute atomic E-state index is 10.2. The number of aromatic hydroxyl groups is 1. The Bertz CT molecular complexity index is 367. The van der Waals surface area contributed by atoms with Gasteiger partial charge in [-0.2, -0.15) is 0 Å². The van der Waals surface area contributed by atoms with Gasteiger partial charge in [0.25, 0.3) is 0 Å². The van der Waals surface area contributed by atoms with Crippen molar-refractivity contribution >= 4 is 0 Å². The highest BCUT2D eigenvalue weighted by Gasteiger charge is 2.36. The lowest BCUT2D eigenvalue weighted by Crippen LogP contribution is -2.43. The van der Waals surface area contributed by atoms with Gasteiger partial charge in [0.2, 0.25) is 0 Å². The largest absolute Gasteiger partial charge is 0.507 e. The standard InChI is InChI=1S/C13H19NO/c1-9(2)10-5-3-6-11(12(10)15)13(14)7-4-8-13/h3,5-6,9,15H,4,7-8,14H2,1-2H3. The van der Waals surface area contributed by atoms with Gasteiger partial charge in [-0.25, -0.2) is 0 Å². The molecule has 0 aromatic heterocycles. The molecule has 1 aromatic carbocycles. The van der Waals surface area contributed by atoms with Crippen LogP contribution in [0.5, 0.6) is 5.75 Å². The first-order valence-electron chi connectivity index (χ1n) is 5.66. The third-order valence-corrected chi connectivity index (χ3v) is 3.47. The molecular formula is C13H19NO. The van der Waals surface area contributed by atoms with Crippen LogP contribution in [0, 0.1) is 0 Å². The molecule has 0 radical (unpaired) electrons. The first-order valence-corrected chi connectivity index (χ1v) is 5.66. The number of benzene rings is 1. The molecule has 0 amide bonds. The zero-order chi connectivity index (χ0) is 11.1. The highest BCUT2D eigenvalue weighted by Crippen LogP contribution is 2.44. The van der Waals surface area contributed by atoms with Crippen LogP contribution in [-0.4, -0.2) is 5.11 Å². The van der Waals surface area contributed by atoms with E-state index < -0.39 is 0 Å². The maximum atomic E-state index is 10.2. The second kappa shape index (κ2) is 3.53. The van der Waals surface area contributed by atoms with Gasteiger partial charge >= 0.3 is 0 Å². The van der Waals surface area contributed by atoms with E-state index in [4.69, 9.17) is 5.73 Å². The Morgan fingerprint density at radius 2 is 2.00 bits per heavy atom. The second-order valence-electron chi connectivity index (χ2n) is 4.91. The number of nitrogens with two attached hydrogens (primary N) is 1. The molecule has 1 aliphatic rings. The van der Waals surface area contributed by atoms with Gasteiger partial charge in [-0.3, -0.25) is 0 Å². The predicted molar refractivity (Wildman–Crippen MR) is 61.9 cm³/mol. The van der Waals surface area contributed by atoms with E-state index in [1.165, 1.54) is 6.42 Å². The fraction of sp³-hybridized carbons (Fsp3) is 0.538. The summed E-state index contributed by atoms with van der Waals surface area (Å²) in [5, 5.41) is 10.2. The van der Waals surface area contributed by atoms with Crippen LogP contribution in [-0.2, 0) is 5.54 Å². The Hall–Kier alpha value is -1.02. The van der Waals surface area contributed by atoms with Gasteiger partial charge in [0, 0.05) is 11.1 Å². The van der Waals surface area contributed by atoms with Crippen molar-refractivity contribution in [2.45, 2.75) is 44.6 Å². The van der Waals surface area contributed by atoms with Crippen molar-refractivity contribution in [3.8, 4) is 5.75 Å². The van der Waals surface area contributed by atoms with Crippen LogP contribution in [0.2, 0.25) is 0 Å². The summed E-state index contributed by atoms with van der Waals surface area (Å²) in [6.07, 6.45) is 3.14. The molecule has 0 aliphatic heterocycles. The van der Waals surface area contributed by atoms with Crippen molar-refractivity contribution in [2.75, 3.05) is 0 Å². The molecule has 1 saturated carbocycles. The van der Waals surface area contributed by atoms with Gasteiger partial charge < -0.3 is 10.8 Å². The van der Waals surface area contributed by atoms with Crippen LogP contribution in [0.4, 0.5) is 0 Å². The summed E-state index contributed by atoms with van der Waals surface area (Å²) in [5.74, 6) is 0.753. The molecule has 1 aliphatic carbocycles. The maximum Gasteiger partial charge on any atom is 0.124 e. The SMILES string of the molecule is CC(C)c1cccc(C2(N)CCC2)c1O. The highest BCUT2D eigenvalue weighted by molar-refractivity contribution is 5.46. The zero-order valence-electron chi connectivity index (χ0n) is 9.46. The molecule has 1 fully saturated rings. The minimum Gasteiger partial charge on any atom is -0.507 e. The molecule has 2 rings (SSSR count). The van der Waals surface area contributed by atoms with Crippen LogP contribution >= 0.6 is 0 Å². The summed E-state index contributed by atoms with van der Waals surface area (Å²) in [7, 11) is 0. The molecule has 0 heterocycles. The molecule has 0 saturated heterocycles. The van der Waals surface area contributed by atoms with Gasteiger partial charge in [0.15, 0.2) is 0 Å². The Labute approximate surface area is 91.1 Å². The first kappa shape index (κ1) is 10.5. The summed E-state index contributed by atoms with van der Waals surface area (Å²) in [6.45, 7) is 4.17. The van der Waals surface area contributed by atoms with E-state index in [0.29, 0.717) is 11.7 Å². The minimum atomic E-state index is -0.269. The van der Waals surface area contributed by atoms with Crippen molar-refractivity contribution < 1.29 is 5.11 Å². The zero-order valence-corrected chi connectivity index (χ0v) is 9.46. The van der Waals surface area contributed by atoms with E-state index >= 15 is 0 Å². The average molecular weight is 205 g/mol. The summed E-state index contributed by atoms with van der Waals surface area (Å²) >= 11 is 0. The van der Waals surface area contributed by atoms with E-state index in [9.17, 15) is 5.11 Å². The number of hydrogen-bond acceptors (Lipinski definition) is 2. The van der Waals surface area contributed by atoms with Gasteiger partial charge in [-0.05, 0) is 30.7 Å². The number of phenolic OH excluding ortho intramolecular Hbond substituents is 1. The van der Waals surface area contributed by atoms with E-state index in [1.807, 2.05) is 18.2 Å². The Balaban J connectivity index is 2.44. The van der Waals surface area contributed by atoms with Crippen LogP contribution in [0.25, 0.3) is 0 Å². The monoisotopic (exact) mass is 205 g/mol. The second-order valence-corrected chi connectivity index (χ2v) is 4.91. The smallest absolute Gasteiger partial charge is 0.124 e. The van der Waals surface area contributed by atoms with Crippen LogP contribution in [0.1, 0.15) is 50.2 Å². The number of hydrogen-bond donors (Lipinski definition) is 2. The summed E-state index contributed by atoms with van der Waals surface area (Å²) < 4.78 is 0. The quantitative estimate of drug-likeness (QED) is 0.779. The molecule has 2 nitrogen and oxygen atoms in total. The summed E-state index contributed by atoms with van der Waals surface area (Å²) in [4.78, 5) is 0. The van der Waals surface area contributed by atoms with Crippen molar-refractivity contribution in [3.05, 3.63) is 29.3 Å². The number of rotatable bonds is 2. The van der Waals surface area contributed by atoms with Gasteiger partial charge in [0.1, 0.15) is 5.75 Å². The van der Waals surface area contributed by atoms with E-state index in [-0.39, 0.29) is 5.54 Å². The van der Waals surface area contributed by atoms with Crippen molar-refractivity contribution in [1.82, 2.24) is 0 Å². The third-order valence-electron chi connectivity index (χ3n) is 3.47. The fourth-order valence-electron chi connectivity index (χ4n) is 2.26. The number of phenols is 1. The van der Waals surface area contributed by atoms with Crippen molar-refractivity contribution in [1.29, 1.82) is 0 Å². The number of para-hydroxylation sites is 1. The highest BCUT2D eigenvalue weighted by atomic mass is 16.3. The van der Waals surface area contributed by atoms with Crippen LogP contribution < -0.4 is 5.73 Å². The molecule has 0 spiro atoms. The van der Waals surface area contributed by atoms with Gasteiger partial charge in [-0.1, -0.05) is 32.0 Å². The molecule has 3 N–H and O–H groups in total. The lowest BCUT2D eigenvalue weighted by molar-refractivity contribution is 0.245. The van der Waals surface area contributed by atoms with E-state index in [1.54, 1.807) is 0 Å². The molecule has 0 unspecified atom stereocenters. The minimum absolute atomic E-state index is 0.269. The van der Waals surface area contributed by atoms with E-state index in [2.05, 4.69) is 13.8 Å². The molecule has 1 aromatic rings. The Morgan fingerprint density at radius 3 is 2.47 bits per heavy atom. The van der Waals surface area contributed by atoms with E-state index in [0.717, 1.165) is 24.0 Å². The fourth-order valence-corrected chi connectivity index (χ4v) is 2.26. The van der Waals surface area contributed by atoms with Crippen molar-refractivity contribution in [2.24, 2.45) is 5.73 Å². The molecule has 0 bridgehead atoms. The first-order chi connectivity index (χ1) is 7.04. The van der Waals surface area contributed by atoms with Crippen molar-refractivity contribution in [3.63, 3.8) is 0 Å². The van der Waals surface area contributed by atoms with Crippen LogP contribution in [0.3, 0.4) is 0 Å². The Morgan fingerprint density at radius 1 is 1.33 bits per heavy atom. The Kier molecular flexibility index (Phi) is 2.47. The summed E-state index contributed by atoms with van der Waals surface area (Å²) in [5.41, 5.74) is 7.90. The predicted octanol–water partition coefficient (Wildman–Crippen LogP) is 2.85.